The zero-order valence-electron chi connectivity index (χ0n) is 27.1. The molecule has 0 saturated heterocycles. The van der Waals surface area contributed by atoms with E-state index in [1.165, 1.54) is 31.9 Å². The molecule has 3 aromatic carbocycles. The highest BCUT2D eigenvalue weighted by atomic mass is 32.2. The predicted molar refractivity (Wildman–Crippen MR) is 183 cm³/mol. The largest absolute Gasteiger partial charge is 0.467 e. The van der Waals surface area contributed by atoms with Crippen molar-refractivity contribution in [1.29, 1.82) is 0 Å². The summed E-state index contributed by atoms with van der Waals surface area (Å²) in [4.78, 5) is 52.3. The van der Waals surface area contributed by atoms with Crippen LogP contribution in [0.5, 0.6) is 0 Å². The number of carbonyl (C=O) groups excluding carboxylic acids is 4. The van der Waals surface area contributed by atoms with Crippen molar-refractivity contribution in [1.82, 2.24) is 16.0 Å². The van der Waals surface area contributed by atoms with Gasteiger partial charge in [0.1, 0.15) is 24.7 Å². The van der Waals surface area contributed by atoms with Crippen molar-refractivity contribution in [2.24, 2.45) is 5.92 Å². The summed E-state index contributed by atoms with van der Waals surface area (Å²) in [5.41, 5.74) is 2.83. The average molecular weight is 662 g/mol. The molecule has 0 spiro atoms. The summed E-state index contributed by atoms with van der Waals surface area (Å²) < 4.78 is 9.13. The first kappa shape index (κ1) is 36.9. The minimum atomic E-state index is -1.45. The fourth-order valence-corrected chi connectivity index (χ4v) is 6.56. The van der Waals surface area contributed by atoms with Crippen LogP contribution in [-0.4, -0.2) is 72.7 Å². The Labute approximate surface area is 280 Å². The number of methoxy groups -OCH3 is 1. The molecule has 4 atom stereocenters. The average Bonchev–Trinajstić information content (AvgIpc) is 3.08. The molecule has 4 N–H and O–H groups in total. The van der Waals surface area contributed by atoms with Crippen LogP contribution in [0.2, 0.25) is 0 Å². The van der Waals surface area contributed by atoms with E-state index in [1.54, 1.807) is 13.8 Å². The van der Waals surface area contributed by atoms with E-state index in [9.17, 15) is 24.3 Å². The number of benzene rings is 3. The van der Waals surface area contributed by atoms with Gasteiger partial charge < -0.3 is 30.5 Å². The lowest BCUT2D eigenvalue weighted by Crippen LogP contribution is -2.60. The van der Waals surface area contributed by atoms with Crippen LogP contribution >= 0.6 is 11.8 Å². The number of hydrogen-bond donors (Lipinski definition) is 4. The van der Waals surface area contributed by atoms with Gasteiger partial charge >= 0.3 is 12.1 Å². The molecule has 0 aliphatic carbocycles. The zero-order chi connectivity index (χ0) is 34.4. The number of esters is 1. The van der Waals surface area contributed by atoms with Crippen molar-refractivity contribution in [3.05, 3.63) is 120 Å². The van der Waals surface area contributed by atoms with E-state index < -0.39 is 52.9 Å². The van der Waals surface area contributed by atoms with Gasteiger partial charge in [0, 0.05) is 5.75 Å². The Bertz CT molecular complexity index is 1370. The molecule has 0 aromatic heterocycles. The van der Waals surface area contributed by atoms with Crippen LogP contribution < -0.4 is 16.0 Å². The number of thioether (sulfide) groups is 1. The first-order valence-electron chi connectivity index (χ1n) is 15.3. The van der Waals surface area contributed by atoms with Gasteiger partial charge in [-0.05, 0) is 29.5 Å². The molecule has 3 amide bonds. The summed E-state index contributed by atoms with van der Waals surface area (Å²) in [6.45, 7) is 8.26. The van der Waals surface area contributed by atoms with Gasteiger partial charge in [-0.3, -0.25) is 9.59 Å². The highest BCUT2D eigenvalue weighted by molar-refractivity contribution is 8.00. The molecule has 1 unspecified atom stereocenters. The SMILES string of the molecule is C=CCOC(=O)N[C@@H](CSC(c1ccccc1)(c1ccccc1)c1ccccc1)C(=O)NC(C(=O)N[C@H](C(=O)OC)C(C)C)[C@@H](C)O. The summed E-state index contributed by atoms with van der Waals surface area (Å²) in [7, 11) is 1.21. The third-order valence-corrected chi connectivity index (χ3v) is 9.07. The molecule has 0 fully saturated rings. The number of nitrogens with one attached hydrogen (secondary N) is 3. The Morgan fingerprint density at radius 1 is 0.787 bits per heavy atom. The molecule has 11 heteroatoms. The maximum atomic E-state index is 13.9. The Balaban J connectivity index is 2.01. The van der Waals surface area contributed by atoms with Crippen molar-refractivity contribution >= 4 is 35.6 Å². The van der Waals surface area contributed by atoms with E-state index in [2.05, 4.69) is 22.5 Å². The Morgan fingerprint density at radius 2 is 1.26 bits per heavy atom. The van der Waals surface area contributed by atoms with Crippen LogP contribution in [-0.2, 0) is 28.6 Å². The van der Waals surface area contributed by atoms with Gasteiger partial charge in [0.25, 0.3) is 0 Å². The second kappa shape index (κ2) is 17.9. The summed E-state index contributed by atoms with van der Waals surface area (Å²) in [6, 6.07) is 25.8. The molecule has 250 valence electrons. The zero-order valence-corrected chi connectivity index (χ0v) is 27.9. The van der Waals surface area contributed by atoms with E-state index >= 15 is 0 Å². The smallest absolute Gasteiger partial charge is 0.408 e. The quantitative estimate of drug-likeness (QED) is 0.102. The number of amides is 3. The molecule has 47 heavy (non-hydrogen) atoms. The topological polar surface area (TPSA) is 143 Å². The molecular weight excluding hydrogens is 618 g/mol. The van der Waals surface area contributed by atoms with E-state index in [1.807, 2.05) is 91.0 Å². The normalized spacial score (nSPS) is 13.7. The van der Waals surface area contributed by atoms with Crippen molar-refractivity contribution in [3.8, 4) is 0 Å². The monoisotopic (exact) mass is 661 g/mol. The summed E-state index contributed by atoms with van der Waals surface area (Å²) in [5, 5.41) is 18.3. The number of hydrogen-bond acceptors (Lipinski definition) is 8. The highest BCUT2D eigenvalue weighted by Gasteiger charge is 2.40. The van der Waals surface area contributed by atoms with Crippen LogP contribution in [0, 0.1) is 5.92 Å². The number of aliphatic hydroxyl groups is 1. The van der Waals surface area contributed by atoms with Crippen molar-refractivity contribution in [3.63, 3.8) is 0 Å². The number of ether oxygens (including phenoxy) is 2. The van der Waals surface area contributed by atoms with Gasteiger partial charge in [-0.2, -0.15) is 0 Å². The maximum Gasteiger partial charge on any atom is 0.408 e. The van der Waals surface area contributed by atoms with E-state index in [-0.39, 0.29) is 18.3 Å². The lowest BCUT2D eigenvalue weighted by atomic mass is 9.84. The lowest BCUT2D eigenvalue weighted by molar-refractivity contribution is -0.147. The minimum absolute atomic E-state index is 0.0264. The van der Waals surface area contributed by atoms with E-state index in [0.717, 1.165) is 16.7 Å². The van der Waals surface area contributed by atoms with Gasteiger partial charge in [0.2, 0.25) is 11.8 Å². The van der Waals surface area contributed by atoms with Gasteiger partial charge in [-0.25, -0.2) is 9.59 Å². The van der Waals surface area contributed by atoms with Crippen molar-refractivity contribution < 1.29 is 33.8 Å². The summed E-state index contributed by atoms with van der Waals surface area (Å²) in [6.07, 6.45) is -0.809. The van der Waals surface area contributed by atoms with Crippen LogP contribution in [0.15, 0.2) is 104 Å². The second-order valence-electron chi connectivity index (χ2n) is 11.2. The van der Waals surface area contributed by atoms with E-state index in [4.69, 9.17) is 9.47 Å². The first-order chi connectivity index (χ1) is 22.5. The molecule has 10 nitrogen and oxygen atoms in total. The molecule has 0 saturated carbocycles. The molecule has 0 bridgehead atoms. The van der Waals surface area contributed by atoms with Gasteiger partial charge in [0.15, 0.2) is 0 Å². The van der Waals surface area contributed by atoms with E-state index in [0.29, 0.717) is 0 Å². The molecule has 0 aliphatic heterocycles. The third kappa shape index (κ3) is 9.69. The standard InChI is InChI=1S/C36H43N3O7S/c1-6-22-46-35(44)37-29(32(41)39-31(25(4)40)33(42)38-30(24(2)3)34(43)45-5)23-47-36(26-16-10-7-11-17-26,27-18-12-8-13-19-27)28-20-14-9-15-21-28/h6-21,24-25,29-31,40H,1,22-23H2,2-5H3,(H,37,44)(H,38,42)(H,39,41)/t25-,29+,30+,31?/m1/s1. The highest BCUT2D eigenvalue weighted by Crippen LogP contribution is 2.48. The van der Waals surface area contributed by atoms with Gasteiger partial charge in [-0.15, -0.1) is 11.8 Å². The Morgan fingerprint density at radius 3 is 1.66 bits per heavy atom. The van der Waals surface area contributed by atoms with Crippen LogP contribution in [0.1, 0.15) is 37.5 Å². The molecule has 3 rings (SSSR count). The van der Waals surface area contributed by atoms with Crippen LogP contribution in [0.3, 0.4) is 0 Å². The molecule has 0 radical (unpaired) electrons. The summed E-state index contributed by atoms with van der Waals surface area (Å²) in [5.74, 6) is -2.49. The fourth-order valence-electron chi connectivity index (χ4n) is 5.01. The number of aliphatic hydroxyl groups excluding tert-OH is 1. The van der Waals surface area contributed by atoms with Crippen molar-refractivity contribution in [2.75, 3.05) is 19.5 Å². The third-order valence-electron chi connectivity index (χ3n) is 7.43. The van der Waals surface area contributed by atoms with Gasteiger partial charge in [-0.1, -0.05) is 117 Å². The summed E-state index contributed by atoms with van der Waals surface area (Å²) >= 11 is 1.42. The molecule has 3 aromatic rings. The second-order valence-corrected chi connectivity index (χ2v) is 12.4. The minimum Gasteiger partial charge on any atom is -0.467 e. The molecule has 0 aliphatic rings. The first-order valence-corrected chi connectivity index (χ1v) is 16.2. The number of carbonyl (C=O) groups is 4. The fraction of sp³-hybridized carbons (Fsp3) is 0.333. The van der Waals surface area contributed by atoms with Crippen LogP contribution in [0.4, 0.5) is 4.79 Å². The Kier molecular flexibility index (Phi) is 14.0. The lowest BCUT2D eigenvalue weighted by Gasteiger charge is -2.36. The molecule has 0 heterocycles. The number of rotatable bonds is 16. The van der Waals surface area contributed by atoms with Crippen molar-refractivity contribution in [2.45, 2.75) is 49.7 Å². The van der Waals surface area contributed by atoms with Crippen LogP contribution in [0.25, 0.3) is 0 Å². The Hall–Kier alpha value is -4.61. The number of alkyl carbamates (subject to hydrolysis) is 1. The van der Waals surface area contributed by atoms with Gasteiger partial charge in [0.05, 0.1) is 18.0 Å². The maximum absolute atomic E-state index is 13.9. The molecular formula is C36H43N3O7S. The predicted octanol–water partition coefficient (Wildman–Crippen LogP) is 4.17.